The summed E-state index contributed by atoms with van der Waals surface area (Å²) in [7, 11) is 3.05. The van der Waals surface area contributed by atoms with Crippen LogP contribution in [-0.4, -0.2) is 46.8 Å². The number of aryl methyl sites for hydroxylation is 1. The molecule has 1 atom stereocenters. The molecule has 0 bridgehead atoms. The number of ether oxygens (including phenoxy) is 1. The number of methoxy groups -OCH3 is 1. The van der Waals surface area contributed by atoms with E-state index < -0.39 is 12.0 Å². The summed E-state index contributed by atoms with van der Waals surface area (Å²) in [4.78, 5) is 40.1. The van der Waals surface area contributed by atoms with Gasteiger partial charge in [-0.05, 0) is 57.4 Å². The van der Waals surface area contributed by atoms with Crippen LogP contribution in [0.4, 0.5) is 0 Å². The van der Waals surface area contributed by atoms with Crippen molar-refractivity contribution in [2.24, 2.45) is 7.05 Å². The molecule has 2 aromatic rings. The Hall–Kier alpha value is -2.89. The number of carbonyl (C=O) groups is 3. The van der Waals surface area contributed by atoms with E-state index in [1.165, 1.54) is 7.11 Å². The molecule has 0 saturated carbocycles. The highest BCUT2D eigenvalue weighted by atomic mass is 16.5. The van der Waals surface area contributed by atoms with Crippen molar-refractivity contribution in [3.8, 4) is 0 Å². The number of amides is 1. The van der Waals surface area contributed by atoms with Crippen LogP contribution in [0.15, 0.2) is 24.3 Å². The molecule has 2 rings (SSSR count). The highest BCUT2D eigenvalue weighted by molar-refractivity contribution is 6.07. The number of hydrogen-bond acceptors (Lipinski definition) is 4. The van der Waals surface area contributed by atoms with Gasteiger partial charge in [-0.25, -0.2) is 4.79 Å². The van der Waals surface area contributed by atoms with E-state index >= 15 is 0 Å². The number of nitrogens with zero attached hydrogens (tertiary/aromatic N) is 2. The van der Waals surface area contributed by atoms with Crippen LogP contribution in [0.5, 0.6) is 0 Å². The molecule has 6 heteroatoms. The Labute approximate surface area is 172 Å². The third-order valence-corrected chi connectivity index (χ3v) is 5.61. The molecule has 29 heavy (non-hydrogen) atoms. The zero-order chi connectivity index (χ0) is 21.9. The SMILES string of the molecule is CCc1ccc(C(=O)N(CC)[C@@H](C)C(=O)c2c(C)c(C(=O)OC)n(C)c2C)cc1. The molecule has 0 fully saturated rings. The Morgan fingerprint density at radius 3 is 2.17 bits per heavy atom. The predicted octanol–water partition coefficient (Wildman–Crippen LogP) is 3.72. The zero-order valence-electron chi connectivity index (χ0n) is 18.3. The fraction of sp³-hybridized carbons (Fsp3) is 0.435. The van der Waals surface area contributed by atoms with Crippen molar-refractivity contribution >= 4 is 17.7 Å². The number of Topliss-reactive ketones (excluding diaryl/α,β-unsaturated/α-hetero) is 1. The number of hydrogen-bond donors (Lipinski definition) is 0. The highest BCUT2D eigenvalue weighted by Gasteiger charge is 2.32. The van der Waals surface area contributed by atoms with E-state index in [1.54, 1.807) is 49.4 Å². The summed E-state index contributed by atoms with van der Waals surface area (Å²) in [5.74, 6) is -0.860. The molecule has 0 saturated heterocycles. The molecular weight excluding hydrogens is 368 g/mol. The van der Waals surface area contributed by atoms with E-state index in [0.717, 1.165) is 12.0 Å². The Morgan fingerprint density at radius 1 is 1.10 bits per heavy atom. The lowest BCUT2D eigenvalue weighted by atomic mass is 9.99. The average molecular weight is 399 g/mol. The summed E-state index contributed by atoms with van der Waals surface area (Å²) in [5.41, 5.74) is 3.78. The summed E-state index contributed by atoms with van der Waals surface area (Å²) in [6, 6.07) is 6.80. The van der Waals surface area contributed by atoms with Crippen LogP contribution < -0.4 is 0 Å². The van der Waals surface area contributed by atoms with E-state index in [-0.39, 0.29) is 11.7 Å². The topological polar surface area (TPSA) is 68.6 Å². The molecule has 0 aliphatic rings. The lowest BCUT2D eigenvalue weighted by Crippen LogP contribution is -2.43. The summed E-state index contributed by atoms with van der Waals surface area (Å²) in [6.45, 7) is 9.57. The Morgan fingerprint density at radius 2 is 1.69 bits per heavy atom. The van der Waals surface area contributed by atoms with Crippen molar-refractivity contribution in [1.29, 1.82) is 0 Å². The number of aromatic nitrogens is 1. The minimum atomic E-state index is -0.663. The monoisotopic (exact) mass is 398 g/mol. The first-order chi connectivity index (χ1) is 13.7. The van der Waals surface area contributed by atoms with E-state index in [0.29, 0.717) is 34.6 Å². The first kappa shape index (κ1) is 22.4. The van der Waals surface area contributed by atoms with Crippen LogP contribution in [-0.2, 0) is 18.2 Å². The van der Waals surface area contributed by atoms with E-state index in [2.05, 4.69) is 6.92 Å². The molecule has 6 nitrogen and oxygen atoms in total. The van der Waals surface area contributed by atoms with Gasteiger partial charge in [0.25, 0.3) is 5.91 Å². The summed E-state index contributed by atoms with van der Waals surface area (Å²) >= 11 is 0. The van der Waals surface area contributed by atoms with Crippen LogP contribution >= 0.6 is 0 Å². The van der Waals surface area contributed by atoms with Crippen LogP contribution in [0.2, 0.25) is 0 Å². The fourth-order valence-electron chi connectivity index (χ4n) is 3.72. The maximum atomic E-state index is 13.3. The minimum Gasteiger partial charge on any atom is -0.464 e. The molecule has 0 aliphatic carbocycles. The van der Waals surface area contributed by atoms with Gasteiger partial charge in [-0.1, -0.05) is 19.1 Å². The second-order valence-corrected chi connectivity index (χ2v) is 7.17. The Kier molecular flexibility index (Phi) is 7.01. The number of benzene rings is 1. The van der Waals surface area contributed by atoms with Gasteiger partial charge in [-0.15, -0.1) is 0 Å². The lowest BCUT2D eigenvalue weighted by molar-refractivity contribution is 0.0588. The third-order valence-electron chi connectivity index (χ3n) is 5.61. The van der Waals surface area contributed by atoms with Crippen LogP contribution in [0.25, 0.3) is 0 Å². The molecule has 0 spiro atoms. The lowest BCUT2D eigenvalue weighted by Gasteiger charge is -2.27. The first-order valence-corrected chi connectivity index (χ1v) is 9.87. The molecule has 156 valence electrons. The van der Waals surface area contributed by atoms with Crippen molar-refractivity contribution in [2.75, 3.05) is 13.7 Å². The van der Waals surface area contributed by atoms with Crippen molar-refractivity contribution in [3.05, 3.63) is 57.9 Å². The van der Waals surface area contributed by atoms with Gasteiger partial charge in [0.15, 0.2) is 5.78 Å². The van der Waals surface area contributed by atoms with Gasteiger partial charge in [0.05, 0.1) is 13.2 Å². The third kappa shape index (κ3) is 4.11. The first-order valence-electron chi connectivity index (χ1n) is 9.87. The minimum absolute atomic E-state index is 0.185. The van der Waals surface area contributed by atoms with E-state index in [1.807, 2.05) is 19.1 Å². The van der Waals surface area contributed by atoms with Gasteiger partial charge >= 0.3 is 5.97 Å². The molecule has 0 aliphatic heterocycles. The normalized spacial score (nSPS) is 11.8. The quantitative estimate of drug-likeness (QED) is 0.526. The number of rotatable bonds is 7. The van der Waals surface area contributed by atoms with Crippen LogP contribution in [0, 0.1) is 13.8 Å². The van der Waals surface area contributed by atoms with Crippen molar-refractivity contribution < 1.29 is 19.1 Å². The van der Waals surface area contributed by atoms with Gasteiger partial charge in [0.1, 0.15) is 5.69 Å². The largest absolute Gasteiger partial charge is 0.464 e. The maximum absolute atomic E-state index is 13.3. The Balaban J connectivity index is 2.39. The fourth-order valence-corrected chi connectivity index (χ4v) is 3.72. The standard InChI is InChI=1S/C23H30N2O4/c1-8-17-10-12-18(13-11-17)22(27)25(9-2)16(5)21(26)19-14(3)20(23(28)29-7)24(6)15(19)4/h10-13,16H,8-9H2,1-7H3/t16-/m0/s1. The molecule has 0 radical (unpaired) electrons. The van der Waals surface area contributed by atoms with Crippen LogP contribution in [0.1, 0.15) is 68.8 Å². The second kappa shape index (κ2) is 9.07. The summed E-state index contributed by atoms with van der Waals surface area (Å²) in [5, 5.41) is 0. The van der Waals surface area contributed by atoms with Crippen LogP contribution in [0.3, 0.4) is 0 Å². The zero-order valence-corrected chi connectivity index (χ0v) is 18.3. The molecule has 0 N–H and O–H groups in total. The van der Waals surface area contributed by atoms with Gasteiger partial charge in [0.2, 0.25) is 0 Å². The van der Waals surface area contributed by atoms with Gasteiger partial charge in [0, 0.05) is 30.4 Å². The van der Waals surface area contributed by atoms with Crippen molar-refractivity contribution in [1.82, 2.24) is 9.47 Å². The molecule has 1 aromatic heterocycles. The number of ketones is 1. The van der Waals surface area contributed by atoms with E-state index in [9.17, 15) is 14.4 Å². The summed E-state index contributed by atoms with van der Waals surface area (Å²) < 4.78 is 6.52. The molecule has 1 heterocycles. The highest BCUT2D eigenvalue weighted by Crippen LogP contribution is 2.25. The predicted molar refractivity (Wildman–Crippen MR) is 113 cm³/mol. The number of carbonyl (C=O) groups excluding carboxylic acids is 3. The molecule has 0 unspecified atom stereocenters. The van der Waals surface area contributed by atoms with Crippen molar-refractivity contribution in [3.63, 3.8) is 0 Å². The van der Waals surface area contributed by atoms with Gasteiger partial charge < -0.3 is 14.2 Å². The number of likely N-dealkylation sites (N-methyl/N-ethyl adjacent to an activating group) is 1. The maximum Gasteiger partial charge on any atom is 0.354 e. The Bertz CT molecular complexity index is 925. The second-order valence-electron chi connectivity index (χ2n) is 7.17. The molecule has 1 amide bonds. The summed E-state index contributed by atoms with van der Waals surface area (Å²) in [6.07, 6.45) is 0.899. The number of esters is 1. The van der Waals surface area contributed by atoms with Gasteiger partial charge in [-0.3, -0.25) is 9.59 Å². The van der Waals surface area contributed by atoms with E-state index in [4.69, 9.17) is 4.74 Å². The average Bonchev–Trinajstić information content (AvgIpc) is 2.95. The van der Waals surface area contributed by atoms with Crippen molar-refractivity contribution in [2.45, 2.75) is 47.1 Å². The van der Waals surface area contributed by atoms with Gasteiger partial charge in [-0.2, -0.15) is 0 Å². The molecule has 1 aromatic carbocycles. The molecular formula is C23H30N2O4. The smallest absolute Gasteiger partial charge is 0.354 e.